The first kappa shape index (κ1) is 22.7. The van der Waals surface area contributed by atoms with Crippen LogP contribution in [0, 0.1) is 19.8 Å². The van der Waals surface area contributed by atoms with Crippen LogP contribution in [-0.4, -0.2) is 31.1 Å². The quantitative estimate of drug-likeness (QED) is 0.675. The number of thiophene rings is 1. The molecule has 8 nitrogen and oxygen atoms in total. The summed E-state index contributed by atoms with van der Waals surface area (Å²) in [6.07, 6.45) is 2.56. The molecule has 0 spiro atoms. The number of rotatable bonds is 6. The van der Waals surface area contributed by atoms with Crippen molar-refractivity contribution in [2.24, 2.45) is 5.92 Å². The minimum absolute atomic E-state index is 0.111. The maximum atomic E-state index is 12.5. The molecule has 1 aliphatic carbocycles. The maximum absolute atomic E-state index is 12.5. The Morgan fingerprint density at radius 2 is 1.90 bits per heavy atom. The topological polar surface area (TPSA) is 112 Å². The number of carbonyl (C=O) groups is 3. The van der Waals surface area contributed by atoms with Crippen molar-refractivity contribution < 1.29 is 28.3 Å². The van der Waals surface area contributed by atoms with Gasteiger partial charge in [-0.1, -0.05) is 6.92 Å². The van der Waals surface area contributed by atoms with E-state index in [1.165, 1.54) is 24.3 Å². The first-order chi connectivity index (χ1) is 14.7. The molecule has 0 radical (unpaired) electrons. The third-order valence-electron chi connectivity index (χ3n) is 5.12. The molecular weight excluding hydrogens is 422 g/mol. The molecule has 1 aliphatic rings. The van der Waals surface area contributed by atoms with Gasteiger partial charge in [-0.15, -0.1) is 11.3 Å². The number of esters is 2. The lowest BCUT2D eigenvalue weighted by molar-refractivity contribution is -0.119. The SMILES string of the molecule is CCOC(=O)c1c(NC(=O)COC(=O)c2c(C)cc(=O)oc2C)sc2c1CCC(C)C2. The van der Waals surface area contributed by atoms with Gasteiger partial charge in [0.25, 0.3) is 5.91 Å². The number of amides is 1. The Morgan fingerprint density at radius 1 is 1.19 bits per heavy atom. The molecule has 166 valence electrons. The first-order valence-electron chi connectivity index (χ1n) is 10.1. The molecule has 0 saturated carbocycles. The number of carbonyl (C=O) groups excluding carboxylic acids is 3. The number of anilines is 1. The minimum atomic E-state index is -0.765. The number of nitrogens with one attached hydrogen (secondary N) is 1. The van der Waals surface area contributed by atoms with Gasteiger partial charge >= 0.3 is 17.6 Å². The molecular formula is C22H25NO7S. The predicted octanol–water partition coefficient (Wildman–Crippen LogP) is 3.42. The van der Waals surface area contributed by atoms with Crippen LogP contribution in [0.25, 0.3) is 0 Å². The van der Waals surface area contributed by atoms with Crippen molar-refractivity contribution in [3.05, 3.63) is 49.4 Å². The van der Waals surface area contributed by atoms with E-state index in [0.29, 0.717) is 22.0 Å². The standard InChI is InChI=1S/C22H25NO7S/c1-5-28-22(27)19-14-7-6-11(2)8-15(14)31-20(19)23-16(24)10-29-21(26)18-12(3)9-17(25)30-13(18)4/h9,11H,5-8,10H2,1-4H3,(H,23,24). The van der Waals surface area contributed by atoms with Crippen LogP contribution in [0.3, 0.4) is 0 Å². The monoisotopic (exact) mass is 447 g/mol. The average Bonchev–Trinajstić information content (AvgIpc) is 3.02. The zero-order valence-electron chi connectivity index (χ0n) is 18.0. The summed E-state index contributed by atoms with van der Waals surface area (Å²) in [6.45, 7) is 6.64. The fourth-order valence-corrected chi connectivity index (χ4v) is 5.10. The van der Waals surface area contributed by atoms with E-state index >= 15 is 0 Å². The van der Waals surface area contributed by atoms with E-state index in [4.69, 9.17) is 13.9 Å². The molecule has 1 unspecified atom stereocenters. The Kier molecular flexibility index (Phi) is 6.94. The molecule has 0 bridgehead atoms. The van der Waals surface area contributed by atoms with Gasteiger partial charge in [-0.25, -0.2) is 14.4 Å². The summed E-state index contributed by atoms with van der Waals surface area (Å²) in [6, 6.07) is 1.19. The van der Waals surface area contributed by atoms with Gasteiger partial charge in [0.2, 0.25) is 0 Å². The molecule has 2 aromatic rings. The van der Waals surface area contributed by atoms with Gasteiger partial charge in [0.05, 0.1) is 12.2 Å². The van der Waals surface area contributed by atoms with Crippen LogP contribution < -0.4 is 10.9 Å². The molecule has 0 aromatic carbocycles. The molecule has 1 atom stereocenters. The lowest BCUT2D eigenvalue weighted by atomic mass is 9.88. The fraction of sp³-hybridized carbons (Fsp3) is 0.455. The summed E-state index contributed by atoms with van der Waals surface area (Å²) in [5.41, 5.74) is 1.28. The van der Waals surface area contributed by atoms with E-state index in [9.17, 15) is 19.2 Å². The fourth-order valence-electron chi connectivity index (χ4n) is 3.69. The van der Waals surface area contributed by atoms with Crippen molar-refractivity contribution in [3.8, 4) is 0 Å². The van der Waals surface area contributed by atoms with Crippen molar-refractivity contribution in [1.82, 2.24) is 0 Å². The maximum Gasteiger partial charge on any atom is 0.342 e. The van der Waals surface area contributed by atoms with Gasteiger partial charge in [0, 0.05) is 10.9 Å². The molecule has 2 heterocycles. The van der Waals surface area contributed by atoms with Crippen LogP contribution in [0.2, 0.25) is 0 Å². The molecule has 0 saturated heterocycles. The Hall–Kier alpha value is -2.94. The number of ether oxygens (including phenoxy) is 2. The second kappa shape index (κ2) is 9.47. The van der Waals surface area contributed by atoms with Crippen molar-refractivity contribution in [2.45, 2.75) is 47.0 Å². The summed E-state index contributed by atoms with van der Waals surface area (Å²) >= 11 is 1.36. The highest BCUT2D eigenvalue weighted by Crippen LogP contribution is 2.40. The third kappa shape index (κ3) is 5.04. The van der Waals surface area contributed by atoms with E-state index in [1.54, 1.807) is 13.8 Å². The number of fused-ring (bicyclic) bond motifs is 1. The first-order valence-corrected chi connectivity index (χ1v) is 10.9. The minimum Gasteiger partial charge on any atom is -0.462 e. The Bertz CT molecular complexity index is 1060. The van der Waals surface area contributed by atoms with Crippen molar-refractivity contribution in [1.29, 1.82) is 0 Å². The number of hydrogen-bond acceptors (Lipinski definition) is 8. The predicted molar refractivity (Wildman–Crippen MR) is 115 cm³/mol. The van der Waals surface area contributed by atoms with Gasteiger partial charge in [-0.3, -0.25) is 4.79 Å². The van der Waals surface area contributed by atoms with Gasteiger partial charge in [-0.2, -0.15) is 0 Å². The lowest BCUT2D eigenvalue weighted by Crippen LogP contribution is -2.23. The smallest absolute Gasteiger partial charge is 0.342 e. The van der Waals surface area contributed by atoms with Gasteiger partial charge in [0.1, 0.15) is 16.3 Å². The van der Waals surface area contributed by atoms with E-state index in [1.807, 2.05) is 0 Å². The van der Waals surface area contributed by atoms with Crippen LogP contribution in [0.4, 0.5) is 5.00 Å². The average molecular weight is 448 g/mol. The van der Waals surface area contributed by atoms with Crippen molar-refractivity contribution in [3.63, 3.8) is 0 Å². The lowest BCUT2D eigenvalue weighted by Gasteiger charge is -2.18. The van der Waals surface area contributed by atoms with Gasteiger partial charge in [0.15, 0.2) is 6.61 Å². The zero-order valence-corrected chi connectivity index (χ0v) is 18.8. The zero-order chi connectivity index (χ0) is 22.7. The highest BCUT2D eigenvalue weighted by atomic mass is 32.1. The molecule has 0 aliphatic heterocycles. The largest absolute Gasteiger partial charge is 0.462 e. The molecule has 31 heavy (non-hydrogen) atoms. The normalized spacial score (nSPS) is 15.2. The van der Waals surface area contributed by atoms with Gasteiger partial charge < -0.3 is 19.2 Å². The summed E-state index contributed by atoms with van der Waals surface area (Å²) in [7, 11) is 0. The molecule has 1 amide bonds. The van der Waals surface area contributed by atoms with Crippen molar-refractivity contribution >= 4 is 34.2 Å². The Balaban J connectivity index is 1.74. The van der Waals surface area contributed by atoms with E-state index in [0.717, 1.165) is 29.7 Å². The summed E-state index contributed by atoms with van der Waals surface area (Å²) < 4.78 is 15.2. The van der Waals surface area contributed by atoms with E-state index < -0.39 is 30.1 Å². The summed E-state index contributed by atoms with van der Waals surface area (Å²) in [4.78, 5) is 49.8. The summed E-state index contributed by atoms with van der Waals surface area (Å²) in [5.74, 6) is -1.17. The highest BCUT2D eigenvalue weighted by molar-refractivity contribution is 7.17. The molecule has 9 heteroatoms. The van der Waals surface area contributed by atoms with Crippen LogP contribution in [0.15, 0.2) is 15.3 Å². The molecule has 3 rings (SSSR count). The van der Waals surface area contributed by atoms with E-state index in [-0.39, 0.29) is 17.9 Å². The molecule has 2 aromatic heterocycles. The Labute approximate surface area is 183 Å². The number of hydrogen-bond donors (Lipinski definition) is 1. The van der Waals surface area contributed by atoms with Crippen LogP contribution in [-0.2, 0) is 27.1 Å². The van der Waals surface area contributed by atoms with Gasteiger partial charge in [-0.05, 0) is 57.1 Å². The van der Waals surface area contributed by atoms with Crippen LogP contribution in [0.1, 0.15) is 62.7 Å². The Morgan fingerprint density at radius 3 is 2.58 bits per heavy atom. The number of aryl methyl sites for hydroxylation is 2. The van der Waals surface area contributed by atoms with E-state index in [2.05, 4.69) is 12.2 Å². The van der Waals surface area contributed by atoms with Crippen LogP contribution >= 0.6 is 11.3 Å². The molecule has 0 fully saturated rings. The van der Waals surface area contributed by atoms with Crippen LogP contribution in [0.5, 0.6) is 0 Å². The molecule has 1 N–H and O–H groups in total. The second-order valence-corrected chi connectivity index (χ2v) is 8.69. The third-order valence-corrected chi connectivity index (χ3v) is 6.29. The summed E-state index contributed by atoms with van der Waals surface area (Å²) in [5, 5.41) is 3.11. The second-order valence-electron chi connectivity index (χ2n) is 7.58. The van der Waals surface area contributed by atoms with Crippen molar-refractivity contribution in [2.75, 3.05) is 18.5 Å². The highest BCUT2D eigenvalue weighted by Gasteiger charge is 2.29.